The van der Waals surface area contributed by atoms with Crippen molar-refractivity contribution in [2.45, 2.75) is 0 Å². The van der Waals surface area contributed by atoms with E-state index in [0.717, 1.165) is 0 Å². The lowest BCUT2D eigenvalue weighted by Crippen LogP contribution is -2.18. The Morgan fingerprint density at radius 2 is 0.744 bits per heavy atom. The van der Waals surface area contributed by atoms with Gasteiger partial charge in [-0.15, -0.1) is 0 Å². The Bertz CT molecular complexity index is 1690. The van der Waals surface area contributed by atoms with Crippen LogP contribution in [0.15, 0.2) is 92.5 Å². The minimum Gasteiger partial charge on any atom is -0.478 e. The number of carboxylic acid groups (broad SMARTS) is 3. The summed E-state index contributed by atoms with van der Waals surface area (Å²) in [6.45, 7) is 11.5. The van der Waals surface area contributed by atoms with E-state index in [1.54, 1.807) is 72.8 Å². The molecule has 0 spiro atoms. The normalized spacial score (nSPS) is 10.5. The topological polar surface area (TPSA) is 112 Å². The van der Waals surface area contributed by atoms with Gasteiger partial charge in [0.1, 0.15) is 0 Å². The Morgan fingerprint density at radius 3 is 1.08 bits per heavy atom. The monoisotopic (exact) mass is 516 g/mol. The quantitative estimate of drug-likeness (QED) is 0.210. The van der Waals surface area contributed by atoms with Gasteiger partial charge in [0.25, 0.3) is 0 Å². The van der Waals surface area contributed by atoms with Gasteiger partial charge in [-0.2, -0.15) is 0 Å². The molecule has 39 heavy (non-hydrogen) atoms. The maximum Gasteiger partial charge on any atom is 0.337 e. The van der Waals surface area contributed by atoms with Gasteiger partial charge in [0.15, 0.2) is 0 Å². The van der Waals surface area contributed by atoms with Crippen molar-refractivity contribution < 1.29 is 29.7 Å². The molecule has 0 unspecified atom stereocenters. The van der Waals surface area contributed by atoms with Crippen molar-refractivity contribution in [2.75, 3.05) is 0 Å². The van der Waals surface area contributed by atoms with Crippen molar-refractivity contribution in [3.63, 3.8) is 0 Å². The molecule has 6 nitrogen and oxygen atoms in total. The van der Waals surface area contributed by atoms with Gasteiger partial charge in [-0.1, -0.05) is 111 Å². The van der Waals surface area contributed by atoms with E-state index >= 15 is 0 Å². The first-order valence-electron chi connectivity index (χ1n) is 11.9. The zero-order valence-electron chi connectivity index (χ0n) is 20.8. The van der Waals surface area contributed by atoms with E-state index in [2.05, 4.69) is 19.7 Å². The van der Waals surface area contributed by atoms with Crippen molar-refractivity contribution >= 4 is 36.1 Å². The molecule has 0 amide bonds. The van der Waals surface area contributed by atoms with E-state index in [-0.39, 0.29) is 27.8 Å². The number of hydrogen-bond donors (Lipinski definition) is 3. The average molecular weight is 517 g/mol. The molecular weight excluding hydrogens is 492 g/mol. The van der Waals surface area contributed by atoms with E-state index in [1.165, 1.54) is 18.2 Å². The summed E-state index contributed by atoms with van der Waals surface area (Å²) in [5.74, 6) is -4.52. The summed E-state index contributed by atoms with van der Waals surface area (Å²) in [5, 5.41) is 31.8. The average Bonchev–Trinajstić information content (AvgIpc) is 2.95. The molecule has 0 aliphatic carbocycles. The second-order valence-corrected chi connectivity index (χ2v) is 8.54. The fraction of sp³-hybridized carbons (Fsp3) is 0. The molecule has 0 aromatic heterocycles. The fourth-order valence-electron chi connectivity index (χ4n) is 4.91. The first kappa shape index (κ1) is 26.6. The molecule has 0 radical (unpaired) electrons. The van der Waals surface area contributed by atoms with E-state index in [9.17, 15) is 29.7 Å². The number of carbonyl (C=O) groups is 3. The van der Waals surface area contributed by atoms with Crippen LogP contribution in [0.2, 0.25) is 0 Å². The highest BCUT2D eigenvalue weighted by Gasteiger charge is 2.36. The lowest BCUT2D eigenvalue weighted by atomic mass is 9.76. The second-order valence-electron chi connectivity index (χ2n) is 8.54. The maximum atomic E-state index is 13.2. The summed E-state index contributed by atoms with van der Waals surface area (Å²) < 4.78 is 0. The van der Waals surface area contributed by atoms with Gasteiger partial charge in [-0.25, -0.2) is 14.4 Å². The molecule has 4 rings (SSSR count). The molecule has 192 valence electrons. The van der Waals surface area contributed by atoms with Gasteiger partial charge < -0.3 is 15.3 Å². The van der Waals surface area contributed by atoms with E-state index in [1.807, 2.05) is 0 Å². The molecular formula is C33H24O6. The van der Waals surface area contributed by atoms with Gasteiger partial charge >= 0.3 is 17.9 Å². The van der Waals surface area contributed by atoms with Crippen LogP contribution in [0.1, 0.15) is 47.8 Å². The summed E-state index contributed by atoms with van der Waals surface area (Å²) in [6, 6.07) is 20.1. The molecule has 0 fully saturated rings. The van der Waals surface area contributed by atoms with E-state index in [0.29, 0.717) is 27.8 Å². The first-order chi connectivity index (χ1) is 18.8. The van der Waals surface area contributed by atoms with Crippen molar-refractivity contribution in [3.8, 4) is 33.4 Å². The van der Waals surface area contributed by atoms with Crippen LogP contribution < -0.4 is 0 Å². The second kappa shape index (κ2) is 10.9. The van der Waals surface area contributed by atoms with Crippen LogP contribution in [-0.4, -0.2) is 33.2 Å². The van der Waals surface area contributed by atoms with Crippen LogP contribution in [0.25, 0.3) is 51.6 Å². The summed E-state index contributed by atoms with van der Waals surface area (Å²) in [5.41, 5.74) is 0.697. The minimum absolute atomic E-state index is 0.0399. The molecule has 0 saturated carbocycles. The highest BCUT2D eigenvalue weighted by molar-refractivity contribution is 6.21. The molecule has 0 bridgehead atoms. The minimum atomic E-state index is -1.58. The standard InChI is InChI=1S/C33H24O6/c1-4-19-13-7-10-16-22(19)25-26(23-17-11-8-14-20(23)5-2)29(32(36)37)30(33(38)39)27(28(25)31(34)35)24-18-12-9-15-21(24)6-3/h4-18H,1-3H2,(H,34,35)(H,36,37)(H,38,39). The van der Waals surface area contributed by atoms with Gasteiger partial charge in [0.2, 0.25) is 0 Å². The van der Waals surface area contributed by atoms with Gasteiger partial charge in [-0.3, -0.25) is 0 Å². The lowest BCUT2D eigenvalue weighted by Gasteiger charge is -2.25. The maximum absolute atomic E-state index is 13.2. The molecule has 3 N–H and O–H groups in total. The Labute approximate surface area is 225 Å². The van der Waals surface area contributed by atoms with Crippen LogP contribution in [-0.2, 0) is 0 Å². The third-order valence-electron chi connectivity index (χ3n) is 6.49. The molecule has 0 atom stereocenters. The molecule has 4 aromatic rings. The van der Waals surface area contributed by atoms with Crippen LogP contribution in [0.4, 0.5) is 0 Å². The molecule has 6 heteroatoms. The van der Waals surface area contributed by atoms with Crippen molar-refractivity contribution in [1.29, 1.82) is 0 Å². The van der Waals surface area contributed by atoms with Crippen molar-refractivity contribution in [2.24, 2.45) is 0 Å². The first-order valence-corrected chi connectivity index (χ1v) is 11.9. The smallest absolute Gasteiger partial charge is 0.337 e. The van der Waals surface area contributed by atoms with Gasteiger partial charge in [-0.05, 0) is 33.4 Å². The number of benzene rings is 4. The van der Waals surface area contributed by atoms with Gasteiger partial charge in [0.05, 0.1) is 16.7 Å². The van der Waals surface area contributed by atoms with E-state index < -0.39 is 29.0 Å². The Hall–Kier alpha value is -5.49. The number of carboxylic acids is 3. The zero-order chi connectivity index (χ0) is 28.3. The molecule has 0 heterocycles. The summed E-state index contributed by atoms with van der Waals surface area (Å²) >= 11 is 0. The summed E-state index contributed by atoms with van der Waals surface area (Å²) in [6.07, 6.45) is 4.50. The number of hydrogen-bond acceptors (Lipinski definition) is 3. The van der Waals surface area contributed by atoms with E-state index in [4.69, 9.17) is 0 Å². The Balaban J connectivity index is 2.48. The van der Waals surface area contributed by atoms with Crippen LogP contribution in [0.5, 0.6) is 0 Å². The third-order valence-corrected chi connectivity index (χ3v) is 6.49. The Morgan fingerprint density at radius 1 is 0.462 bits per heavy atom. The highest BCUT2D eigenvalue weighted by atomic mass is 16.4. The summed E-state index contributed by atoms with van der Waals surface area (Å²) in [7, 11) is 0. The molecule has 0 saturated heterocycles. The van der Waals surface area contributed by atoms with Crippen LogP contribution in [0.3, 0.4) is 0 Å². The predicted molar refractivity (Wildman–Crippen MR) is 154 cm³/mol. The Kier molecular flexibility index (Phi) is 7.40. The van der Waals surface area contributed by atoms with Gasteiger partial charge in [0, 0.05) is 16.7 Å². The number of rotatable bonds is 9. The number of aromatic carboxylic acids is 3. The molecule has 4 aromatic carbocycles. The molecule has 0 aliphatic rings. The van der Waals surface area contributed by atoms with Crippen LogP contribution >= 0.6 is 0 Å². The lowest BCUT2D eigenvalue weighted by molar-refractivity contribution is 0.0651. The fourth-order valence-corrected chi connectivity index (χ4v) is 4.91. The summed E-state index contributed by atoms with van der Waals surface area (Å²) in [4.78, 5) is 39.1. The van der Waals surface area contributed by atoms with Crippen LogP contribution in [0, 0.1) is 0 Å². The SMILES string of the molecule is C=Cc1ccccc1-c1c(C(=O)O)c(C(=O)O)c(-c2ccccc2C=C)c(-c2ccccc2C=C)c1C(=O)O. The largest absolute Gasteiger partial charge is 0.478 e. The highest BCUT2D eigenvalue weighted by Crippen LogP contribution is 2.48. The van der Waals surface area contributed by atoms with Crippen molar-refractivity contribution in [1.82, 2.24) is 0 Å². The third kappa shape index (κ3) is 4.55. The predicted octanol–water partition coefficient (Wildman–Crippen LogP) is 7.71. The zero-order valence-corrected chi connectivity index (χ0v) is 20.8. The molecule has 0 aliphatic heterocycles. The van der Waals surface area contributed by atoms with Crippen molar-refractivity contribution in [3.05, 3.63) is 126 Å².